The van der Waals surface area contributed by atoms with E-state index in [9.17, 15) is 0 Å². The second-order valence-electron chi connectivity index (χ2n) is 4.20. The Balaban J connectivity index is 2.37. The maximum atomic E-state index is 9.11. The van der Waals surface area contributed by atoms with Gasteiger partial charge in [0.15, 0.2) is 0 Å². The second-order valence-corrected chi connectivity index (χ2v) is 4.20. The monoisotopic (exact) mass is 205 g/mol. The number of rotatable bonds is 3. The van der Waals surface area contributed by atoms with Gasteiger partial charge in [0.05, 0.1) is 6.61 Å². The predicted molar refractivity (Wildman–Crippen MR) is 59.5 cm³/mol. The molecule has 0 saturated carbocycles. The van der Waals surface area contributed by atoms with Gasteiger partial charge in [-0.05, 0) is 31.0 Å². The number of aromatic amines is 1. The van der Waals surface area contributed by atoms with Crippen LogP contribution in [0.3, 0.4) is 0 Å². The molecule has 0 aliphatic rings. The number of nitrogens with zero attached hydrogens (tertiary/aromatic N) is 1. The normalized spacial score (nSPS) is 15.4. The van der Waals surface area contributed by atoms with Crippen LogP contribution in [-0.4, -0.2) is 27.2 Å². The topological polar surface area (TPSA) is 74.9 Å². The Morgan fingerprint density at radius 3 is 3.13 bits per heavy atom. The highest BCUT2D eigenvalue weighted by molar-refractivity contribution is 5.79. The predicted octanol–water partition coefficient (Wildman–Crippen LogP) is 0.815. The highest BCUT2D eigenvalue weighted by Crippen LogP contribution is 2.19. The molecule has 80 valence electrons. The van der Waals surface area contributed by atoms with Crippen LogP contribution in [0.15, 0.2) is 24.5 Å². The molecule has 15 heavy (non-hydrogen) atoms. The van der Waals surface area contributed by atoms with Crippen LogP contribution in [0.2, 0.25) is 0 Å². The summed E-state index contributed by atoms with van der Waals surface area (Å²) in [6, 6.07) is 3.90. The Hall–Kier alpha value is -1.39. The van der Waals surface area contributed by atoms with Crippen LogP contribution in [0.5, 0.6) is 0 Å². The smallest absolute Gasteiger partial charge is 0.137 e. The van der Waals surface area contributed by atoms with E-state index in [-0.39, 0.29) is 6.61 Å². The molecule has 1 unspecified atom stereocenters. The SMILES string of the molecule is CC(N)(CO)Cc1c[nH]c2ncccc12. The number of fused-ring (bicyclic) bond motifs is 1. The first kappa shape index (κ1) is 10.1. The standard InChI is InChI=1S/C11H15N3O/c1-11(12,7-15)5-8-6-14-10-9(8)3-2-4-13-10/h2-4,6,15H,5,7,12H2,1H3,(H,13,14). The number of hydrogen-bond donors (Lipinski definition) is 3. The van der Waals surface area contributed by atoms with Gasteiger partial charge in [0.1, 0.15) is 5.65 Å². The molecular weight excluding hydrogens is 190 g/mol. The average Bonchev–Trinajstić information content (AvgIpc) is 2.62. The van der Waals surface area contributed by atoms with Crippen LogP contribution in [0.4, 0.5) is 0 Å². The van der Waals surface area contributed by atoms with Crippen LogP contribution in [0.1, 0.15) is 12.5 Å². The van der Waals surface area contributed by atoms with E-state index in [1.54, 1.807) is 6.20 Å². The summed E-state index contributed by atoms with van der Waals surface area (Å²) in [7, 11) is 0. The minimum atomic E-state index is -0.578. The Kier molecular flexibility index (Phi) is 2.46. The molecule has 0 aliphatic carbocycles. The van der Waals surface area contributed by atoms with E-state index in [1.807, 2.05) is 25.3 Å². The molecule has 4 N–H and O–H groups in total. The molecule has 2 rings (SSSR count). The molecule has 0 spiro atoms. The largest absolute Gasteiger partial charge is 0.394 e. The molecule has 0 fully saturated rings. The summed E-state index contributed by atoms with van der Waals surface area (Å²) in [5.74, 6) is 0. The maximum Gasteiger partial charge on any atom is 0.137 e. The van der Waals surface area contributed by atoms with Gasteiger partial charge in [-0.3, -0.25) is 0 Å². The van der Waals surface area contributed by atoms with Crippen molar-refractivity contribution in [3.8, 4) is 0 Å². The van der Waals surface area contributed by atoms with Gasteiger partial charge in [-0.1, -0.05) is 0 Å². The molecule has 1 atom stereocenters. The summed E-state index contributed by atoms with van der Waals surface area (Å²) in [6.45, 7) is 1.81. The number of aliphatic hydroxyl groups excluding tert-OH is 1. The quantitative estimate of drug-likeness (QED) is 0.694. The second kappa shape index (κ2) is 3.64. The zero-order valence-corrected chi connectivity index (χ0v) is 8.70. The summed E-state index contributed by atoms with van der Waals surface area (Å²) < 4.78 is 0. The van der Waals surface area contributed by atoms with Crippen molar-refractivity contribution in [3.05, 3.63) is 30.1 Å². The molecular formula is C11H15N3O. The molecule has 0 radical (unpaired) electrons. The third-order valence-corrected chi connectivity index (χ3v) is 2.49. The summed E-state index contributed by atoms with van der Waals surface area (Å²) in [5.41, 5.74) is 7.29. The zero-order valence-electron chi connectivity index (χ0n) is 8.70. The fraction of sp³-hybridized carbons (Fsp3) is 0.364. The highest BCUT2D eigenvalue weighted by Gasteiger charge is 2.19. The van der Waals surface area contributed by atoms with Gasteiger partial charge in [0, 0.05) is 23.3 Å². The minimum absolute atomic E-state index is 0.0278. The van der Waals surface area contributed by atoms with E-state index in [1.165, 1.54) is 0 Å². The first-order chi connectivity index (χ1) is 7.12. The van der Waals surface area contributed by atoms with Gasteiger partial charge in [-0.2, -0.15) is 0 Å². The lowest BCUT2D eigenvalue weighted by Crippen LogP contribution is -2.42. The number of aliphatic hydroxyl groups is 1. The van der Waals surface area contributed by atoms with Crippen LogP contribution in [-0.2, 0) is 6.42 Å². The van der Waals surface area contributed by atoms with Gasteiger partial charge in [-0.15, -0.1) is 0 Å². The lowest BCUT2D eigenvalue weighted by Gasteiger charge is -2.20. The molecule has 4 heteroatoms. The average molecular weight is 205 g/mol. The third kappa shape index (κ3) is 2.00. The lowest BCUT2D eigenvalue weighted by molar-refractivity contribution is 0.208. The fourth-order valence-electron chi connectivity index (χ4n) is 1.65. The number of nitrogens with two attached hydrogens (primary N) is 1. The number of pyridine rings is 1. The van der Waals surface area contributed by atoms with Crippen molar-refractivity contribution in [1.29, 1.82) is 0 Å². The van der Waals surface area contributed by atoms with Crippen molar-refractivity contribution in [1.82, 2.24) is 9.97 Å². The maximum absolute atomic E-state index is 9.11. The molecule has 0 amide bonds. The summed E-state index contributed by atoms with van der Waals surface area (Å²) in [5, 5.41) is 10.2. The third-order valence-electron chi connectivity index (χ3n) is 2.49. The van der Waals surface area contributed by atoms with Crippen LogP contribution < -0.4 is 5.73 Å². The number of hydrogen-bond acceptors (Lipinski definition) is 3. The summed E-state index contributed by atoms with van der Waals surface area (Å²) in [6.07, 6.45) is 4.28. The minimum Gasteiger partial charge on any atom is -0.394 e. The Labute approximate surface area is 88.1 Å². The van der Waals surface area contributed by atoms with Crippen molar-refractivity contribution in [3.63, 3.8) is 0 Å². The van der Waals surface area contributed by atoms with E-state index >= 15 is 0 Å². The van der Waals surface area contributed by atoms with Crippen LogP contribution in [0, 0.1) is 0 Å². The van der Waals surface area contributed by atoms with Gasteiger partial charge in [0.2, 0.25) is 0 Å². The first-order valence-corrected chi connectivity index (χ1v) is 4.93. The molecule has 2 aromatic rings. The molecule has 0 bridgehead atoms. The molecule has 4 nitrogen and oxygen atoms in total. The molecule has 0 aliphatic heterocycles. The number of H-pyrrole nitrogens is 1. The van der Waals surface area contributed by atoms with Crippen molar-refractivity contribution in [2.45, 2.75) is 18.9 Å². The van der Waals surface area contributed by atoms with E-state index in [4.69, 9.17) is 10.8 Å². The number of nitrogens with one attached hydrogen (secondary N) is 1. The van der Waals surface area contributed by atoms with E-state index in [2.05, 4.69) is 9.97 Å². The van der Waals surface area contributed by atoms with Crippen LogP contribution in [0.25, 0.3) is 11.0 Å². The molecule has 0 aromatic carbocycles. The van der Waals surface area contributed by atoms with E-state index < -0.39 is 5.54 Å². The van der Waals surface area contributed by atoms with Crippen molar-refractivity contribution in [2.24, 2.45) is 5.73 Å². The van der Waals surface area contributed by atoms with Crippen molar-refractivity contribution >= 4 is 11.0 Å². The molecule has 2 aromatic heterocycles. The van der Waals surface area contributed by atoms with Crippen molar-refractivity contribution < 1.29 is 5.11 Å². The van der Waals surface area contributed by atoms with Gasteiger partial charge in [-0.25, -0.2) is 4.98 Å². The Morgan fingerprint density at radius 1 is 1.60 bits per heavy atom. The van der Waals surface area contributed by atoms with Crippen LogP contribution >= 0.6 is 0 Å². The van der Waals surface area contributed by atoms with Gasteiger partial charge >= 0.3 is 0 Å². The summed E-state index contributed by atoms with van der Waals surface area (Å²) >= 11 is 0. The molecule has 2 heterocycles. The zero-order chi connectivity index (χ0) is 10.9. The van der Waals surface area contributed by atoms with Gasteiger partial charge in [0.25, 0.3) is 0 Å². The number of aromatic nitrogens is 2. The molecule has 0 saturated heterocycles. The Bertz CT molecular complexity index is 462. The lowest BCUT2D eigenvalue weighted by atomic mass is 9.95. The summed E-state index contributed by atoms with van der Waals surface area (Å²) in [4.78, 5) is 7.29. The fourth-order valence-corrected chi connectivity index (χ4v) is 1.65. The van der Waals surface area contributed by atoms with E-state index in [0.717, 1.165) is 16.6 Å². The van der Waals surface area contributed by atoms with E-state index in [0.29, 0.717) is 6.42 Å². The highest BCUT2D eigenvalue weighted by atomic mass is 16.3. The van der Waals surface area contributed by atoms with Gasteiger partial charge < -0.3 is 15.8 Å². The first-order valence-electron chi connectivity index (χ1n) is 4.93. The van der Waals surface area contributed by atoms with Crippen molar-refractivity contribution in [2.75, 3.05) is 6.61 Å². The Morgan fingerprint density at radius 2 is 2.40 bits per heavy atom.